The van der Waals surface area contributed by atoms with Gasteiger partial charge in [-0.1, -0.05) is 13.0 Å². The van der Waals surface area contributed by atoms with Gasteiger partial charge in [-0.25, -0.2) is 9.18 Å². The van der Waals surface area contributed by atoms with Crippen LogP contribution in [0.1, 0.15) is 31.1 Å². The van der Waals surface area contributed by atoms with Gasteiger partial charge in [0.2, 0.25) is 0 Å². The molecule has 2 amide bonds. The van der Waals surface area contributed by atoms with Gasteiger partial charge in [-0.2, -0.15) is 5.10 Å². The summed E-state index contributed by atoms with van der Waals surface area (Å²) in [6, 6.07) is 4.54. The van der Waals surface area contributed by atoms with Crippen LogP contribution in [0.4, 0.5) is 14.9 Å². The Morgan fingerprint density at radius 3 is 2.96 bits per heavy atom. The fourth-order valence-corrected chi connectivity index (χ4v) is 2.87. The molecule has 1 N–H and O–H groups in total. The van der Waals surface area contributed by atoms with E-state index in [0.717, 1.165) is 12.1 Å². The SMILES string of the molecule is CCc1ccc(NC(=O)N2CCO[C@@H](c3cnn(CC)c3)C2)cc1F. The summed E-state index contributed by atoms with van der Waals surface area (Å²) in [7, 11) is 0. The number of anilines is 1. The Kier molecular flexibility index (Phi) is 5.33. The Morgan fingerprint density at radius 1 is 1.44 bits per heavy atom. The van der Waals surface area contributed by atoms with Crippen molar-refractivity contribution in [1.29, 1.82) is 0 Å². The van der Waals surface area contributed by atoms with E-state index < -0.39 is 0 Å². The van der Waals surface area contributed by atoms with Crippen LogP contribution < -0.4 is 5.32 Å². The number of rotatable bonds is 4. The highest BCUT2D eigenvalue weighted by molar-refractivity contribution is 5.89. The summed E-state index contributed by atoms with van der Waals surface area (Å²) in [6.07, 6.45) is 4.13. The van der Waals surface area contributed by atoms with Crippen LogP contribution in [0, 0.1) is 5.82 Å². The van der Waals surface area contributed by atoms with E-state index in [0.29, 0.717) is 37.4 Å². The second-order valence-corrected chi connectivity index (χ2v) is 6.02. The maximum absolute atomic E-state index is 13.9. The molecule has 0 bridgehead atoms. The molecule has 7 heteroatoms. The highest BCUT2D eigenvalue weighted by Crippen LogP contribution is 2.23. The van der Waals surface area contributed by atoms with Crippen LogP contribution in [0.15, 0.2) is 30.6 Å². The second kappa shape index (κ2) is 7.65. The third-order valence-electron chi connectivity index (χ3n) is 4.39. The number of nitrogens with one attached hydrogen (secondary N) is 1. The fraction of sp³-hybridized carbons (Fsp3) is 0.444. The second-order valence-electron chi connectivity index (χ2n) is 6.02. The summed E-state index contributed by atoms with van der Waals surface area (Å²) in [5.74, 6) is -0.299. The standard InChI is InChI=1S/C18H23FN4O2/c1-3-13-5-6-15(9-16(13)19)21-18(24)22-7-8-25-17(12-22)14-10-20-23(4-2)11-14/h5-6,9-11,17H,3-4,7-8,12H2,1-2H3,(H,21,24)/t17-/m1/s1. The smallest absolute Gasteiger partial charge is 0.322 e. The minimum absolute atomic E-state index is 0.195. The van der Waals surface area contributed by atoms with Crippen molar-refractivity contribution in [1.82, 2.24) is 14.7 Å². The van der Waals surface area contributed by atoms with Gasteiger partial charge in [0.05, 0.1) is 19.3 Å². The molecule has 1 fully saturated rings. The summed E-state index contributed by atoms with van der Waals surface area (Å²) in [4.78, 5) is 14.2. The number of carbonyl (C=O) groups is 1. The van der Waals surface area contributed by atoms with Crippen molar-refractivity contribution < 1.29 is 13.9 Å². The van der Waals surface area contributed by atoms with Gasteiger partial charge < -0.3 is 15.0 Å². The molecule has 1 aromatic heterocycles. The lowest BCUT2D eigenvalue weighted by Crippen LogP contribution is -2.44. The van der Waals surface area contributed by atoms with Gasteiger partial charge in [-0.3, -0.25) is 4.68 Å². The van der Waals surface area contributed by atoms with E-state index in [9.17, 15) is 9.18 Å². The lowest BCUT2D eigenvalue weighted by atomic mass is 10.1. The number of ether oxygens (including phenoxy) is 1. The van der Waals surface area contributed by atoms with Gasteiger partial charge in [0.25, 0.3) is 0 Å². The quantitative estimate of drug-likeness (QED) is 0.925. The Labute approximate surface area is 146 Å². The Balaban J connectivity index is 1.64. The molecule has 0 unspecified atom stereocenters. The number of halogens is 1. The predicted octanol–water partition coefficient (Wildman–Crippen LogP) is 3.21. The van der Waals surface area contributed by atoms with Gasteiger partial charge in [0, 0.05) is 30.5 Å². The third kappa shape index (κ3) is 3.99. The zero-order valence-electron chi connectivity index (χ0n) is 14.5. The molecule has 6 nitrogen and oxygen atoms in total. The maximum Gasteiger partial charge on any atom is 0.322 e. The molecule has 1 aliphatic rings. The zero-order chi connectivity index (χ0) is 17.8. The van der Waals surface area contributed by atoms with E-state index in [4.69, 9.17) is 4.74 Å². The van der Waals surface area contributed by atoms with Crippen LogP contribution in [0.5, 0.6) is 0 Å². The van der Waals surface area contributed by atoms with Gasteiger partial charge in [-0.15, -0.1) is 0 Å². The summed E-state index contributed by atoms with van der Waals surface area (Å²) < 4.78 is 21.5. The van der Waals surface area contributed by atoms with Gasteiger partial charge in [-0.05, 0) is 31.0 Å². The molecule has 0 aliphatic carbocycles. The van der Waals surface area contributed by atoms with Crippen LogP contribution in [0.25, 0.3) is 0 Å². The monoisotopic (exact) mass is 346 g/mol. The molecular weight excluding hydrogens is 323 g/mol. The first-order chi connectivity index (χ1) is 12.1. The largest absolute Gasteiger partial charge is 0.370 e. The number of nitrogens with zero attached hydrogens (tertiary/aromatic N) is 3. The van der Waals surface area contributed by atoms with Crippen molar-refractivity contribution >= 4 is 11.7 Å². The fourth-order valence-electron chi connectivity index (χ4n) is 2.87. The molecule has 134 valence electrons. The van der Waals surface area contributed by atoms with Crippen LogP contribution in [0.3, 0.4) is 0 Å². The molecule has 0 radical (unpaired) electrons. The van der Waals surface area contributed by atoms with Crippen LogP contribution in [-0.2, 0) is 17.7 Å². The number of hydrogen-bond acceptors (Lipinski definition) is 3. The molecule has 0 spiro atoms. The minimum Gasteiger partial charge on any atom is -0.370 e. The van der Waals surface area contributed by atoms with Crippen LogP contribution in [0.2, 0.25) is 0 Å². The van der Waals surface area contributed by atoms with Gasteiger partial charge in [0.15, 0.2) is 0 Å². The average Bonchev–Trinajstić information content (AvgIpc) is 3.11. The van der Waals surface area contributed by atoms with E-state index in [2.05, 4.69) is 10.4 Å². The lowest BCUT2D eigenvalue weighted by Gasteiger charge is -2.32. The summed E-state index contributed by atoms with van der Waals surface area (Å²) in [5.41, 5.74) is 2.05. The number of aryl methyl sites for hydroxylation is 2. The first-order valence-corrected chi connectivity index (χ1v) is 8.59. The zero-order valence-corrected chi connectivity index (χ0v) is 14.5. The molecular formula is C18H23FN4O2. The molecule has 0 saturated carbocycles. The van der Waals surface area contributed by atoms with E-state index in [1.165, 1.54) is 6.07 Å². The summed E-state index contributed by atoms with van der Waals surface area (Å²) in [5, 5.41) is 7.01. The van der Waals surface area contributed by atoms with Crippen molar-refractivity contribution in [2.75, 3.05) is 25.0 Å². The topological polar surface area (TPSA) is 59.4 Å². The highest BCUT2D eigenvalue weighted by Gasteiger charge is 2.26. The molecule has 25 heavy (non-hydrogen) atoms. The first kappa shape index (κ1) is 17.4. The van der Waals surface area contributed by atoms with Gasteiger partial charge in [0.1, 0.15) is 11.9 Å². The number of urea groups is 1. The Morgan fingerprint density at radius 2 is 2.28 bits per heavy atom. The maximum atomic E-state index is 13.9. The molecule has 1 saturated heterocycles. The molecule has 1 atom stereocenters. The van der Waals surface area contributed by atoms with Crippen molar-refractivity contribution in [2.45, 2.75) is 32.9 Å². The average molecular weight is 346 g/mol. The molecule has 2 aromatic rings. The summed E-state index contributed by atoms with van der Waals surface area (Å²) >= 11 is 0. The van der Waals surface area contributed by atoms with Crippen molar-refractivity contribution in [2.24, 2.45) is 0 Å². The van der Waals surface area contributed by atoms with E-state index in [1.54, 1.807) is 23.2 Å². The molecule has 3 rings (SSSR count). The van der Waals surface area contributed by atoms with Crippen LogP contribution >= 0.6 is 0 Å². The van der Waals surface area contributed by atoms with E-state index >= 15 is 0 Å². The van der Waals surface area contributed by atoms with Crippen molar-refractivity contribution in [3.63, 3.8) is 0 Å². The summed E-state index contributed by atoms with van der Waals surface area (Å²) in [6.45, 7) is 6.09. The number of benzene rings is 1. The third-order valence-corrected chi connectivity index (χ3v) is 4.39. The van der Waals surface area contributed by atoms with Crippen molar-refractivity contribution in [3.05, 3.63) is 47.5 Å². The van der Waals surface area contributed by atoms with E-state index in [-0.39, 0.29) is 18.0 Å². The minimum atomic E-state index is -0.299. The number of hydrogen-bond donors (Lipinski definition) is 1. The van der Waals surface area contributed by atoms with Crippen LogP contribution in [-0.4, -0.2) is 40.4 Å². The predicted molar refractivity (Wildman–Crippen MR) is 93.0 cm³/mol. The number of morpholine rings is 1. The van der Waals surface area contributed by atoms with E-state index in [1.807, 2.05) is 24.7 Å². The number of carbonyl (C=O) groups excluding carboxylic acids is 1. The molecule has 1 aromatic carbocycles. The number of amides is 2. The van der Waals surface area contributed by atoms with Crippen molar-refractivity contribution in [3.8, 4) is 0 Å². The molecule has 2 heterocycles. The Hall–Kier alpha value is -2.41. The highest BCUT2D eigenvalue weighted by atomic mass is 19.1. The molecule has 1 aliphatic heterocycles. The lowest BCUT2D eigenvalue weighted by molar-refractivity contribution is -0.0135. The number of aromatic nitrogens is 2. The Bertz CT molecular complexity index is 746. The van der Waals surface area contributed by atoms with Gasteiger partial charge >= 0.3 is 6.03 Å². The first-order valence-electron chi connectivity index (χ1n) is 8.59. The normalized spacial score (nSPS) is 17.6.